The minimum atomic E-state index is -0.145. The van der Waals surface area contributed by atoms with Gasteiger partial charge in [0.1, 0.15) is 5.75 Å². The minimum Gasteiger partial charge on any atom is -0.496 e. The van der Waals surface area contributed by atoms with Crippen LogP contribution >= 0.6 is 0 Å². The lowest BCUT2D eigenvalue weighted by atomic mass is 10.1. The number of ether oxygens (including phenoxy) is 1. The minimum absolute atomic E-state index is 0.0575. The molecule has 2 N–H and O–H groups in total. The quantitative estimate of drug-likeness (QED) is 0.749. The molecule has 0 saturated carbocycles. The molecule has 0 aromatic heterocycles. The van der Waals surface area contributed by atoms with E-state index >= 15 is 0 Å². The number of para-hydroxylation sites is 1. The van der Waals surface area contributed by atoms with Crippen LogP contribution in [0.5, 0.6) is 5.75 Å². The maximum Gasteiger partial charge on any atom is 0.251 e. The van der Waals surface area contributed by atoms with E-state index in [0.717, 1.165) is 16.9 Å². The number of carbonyl (C=O) groups excluding carboxylic acids is 2. The van der Waals surface area contributed by atoms with Crippen LogP contribution in [0.2, 0.25) is 0 Å². The van der Waals surface area contributed by atoms with Crippen molar-refractivity contribution < 1.29 is 14.3 Å². The number of nitrogens with zero attached hydrogens (tertiary/aromatic N) is 1. The number of hydrogen-bond acceptors (Lipinski definition) is 4. The summed E-state index contributed by atoms with van der Waals surface area (Å²) in [6, 6.07) is 14.9. The molecule has 1 unspecified atom stereocenters. The van der Waals surface area contributed by atoms with Gasteiger partial charge in [-0.15, -0.1) is 0 Å². The lowest BCUT2D eigenvalue weighted by Gasteiger charge is -2.20. The van der Waals surface area contributed by atoms with Crippen LogP contribution in [0, 0.1) is 0 Å². The van der Waals surface area contributed by atoms with Gasteiger partial charge in [-0.3, -0.25) is 14.5 Å². The van der Waals surface area contributed by atoms with Gasteiger partial charge in [-0.05, 0) is 37.7 Å². The molecule has 6 nitrogen and oxygen atoms in total. The zero-order valence-electron chi connectivity index (χ0n) is 16.3. The highest BCUT2D eigenvalue weighted by molar-refractivity contribution is 5.93. The number of amides is 2. The van der Waals surface area contributed by atoms with E-state index in [-0.39, 0.29) is 24.4 Å². The van der Waals surface area contributed by atoms with Crippen molar-refractivity contribution in [2.75, 3.05) is 27.7 Å². The summed E-state index contributed by atoms with van der Waals surface area (Å²) in [7, 11) is 5.12. The molecule has 1 atom stereocenters. The van der Waals surface area contributed by atoms with Crippen molar-refractivity contribution in [3.05, 3.63) is 65.2 Å². The van der Waals surface area contributed by atoms with Gasteiger partial charge in [0, 0.05) is 24.7 Å². The molecule has 0 saturated heterocycles. The van der Waals surface area contributed by atoms with Crippen molar-refractivity contribution in [1.82, 2.24) is 15.5 Å². The highest BCUT2D eigenvalue weighted by Gasteiger charge is 2.15. The third kappa shape index (κ3) is 5.82. The topological polar surface area (TPSA) is 70.7 Å². The predicted molar refractivity (Wildman–Crippen MR) is 106 cm³/mol. The van der Waals surface area contributed by atoms with Crippen LogP contribution in [0.4, 0.5) is 0 Å². The average molecular weight is 369 g/mol. The van der Waals surface area contributed by atoms with Gasteiger partial charge >= 0.3 is 0 Å². The monoisotopic (exact) mass is 369 g/mol. The van der Waals surface area contributed by atoms with E-state index < -0.39 is 0 Å². The van der Waals surface area contributed by atoms with E-state index in [0.29, 0.717) is 12.1 Å². The van der Waals surface area contributed by atoms with Crippen molar-refractivity contribution in [3.8, 4) is 5.75 Å². The first-order valence-electron chi connectivity index (χ1n) is 8.86. The molecule has 27 heavy (non-hydrogen) atoms. The number of nitrogens with one attached hydrogen (secondary N) is 2. The van der Waals surface area contributed by atoms with Gasteiger partial charge in [0.25, 0.3) is 5.91 Å². The molecule has 0 aliphatic heterocycles. The molecule has 0 heterocycles. The lowest BCUT2D eigenvalue weighted by Crippen LogP contribution is -2.36. The number of benzene rings is 2. The molecule has 2 aromatic carbocycles. The molecule has 0 radical (unpaired) electrons. The summed E-state index contributed by atoms with van der Waals surface area (Å²) in [4.78, 5) is 25.9. The number of rotatable bonds is 8. The lowest BCUT2D eigenvalue weighted by molar-refractivity contribution is -0.122. The third-order valence-electron chi connectivity index (χ3n) is 4.29. The molecule has 0 bridgehead atoms. The van der Waals surface area contributed by atoms with E-state index in [2.05, 4.69) is 10.6 Å². The summed E-state index contributed by atoms with van der Waals surface area (Å²) in [5, 5.41) is 5.60. The summed E-state index contributed by atoms with van der Waals surface area (Å²) < 4.78 is 5.35. The Labute approximate surface area is 160 Å². The average Bonchev–Trinajstić information content (AvgIpc) is 2.67. The van der Waals surface area contributed by atoms with Crippen LogP contribution in [0.1, 0.15) is 34.5 Å². The maximum atomic E-state index is 12.4. The highest BCUT2D eigenvalue weighted by Crippen LogP contribution is 2.24. The molecule has 2 aromatic rings. The predicted octanol–water partition coefficient (Wildman–Crippen LogP) is 2.36. The summed E-state index contributed by atoms with van der Waals surface area (Å²) in [5.41, 5.74) is 2.60. The summed E-state index contributed by atoms with van der Waals surface area (Å²) >= 11 is 0. The van der Waals surface area contributed by atoms with Gasteiger partial charge < -0.3 is 15.4 Å². The second kappa shape index (κ2) is 9.73. The molecule has 0 aliphatic carbocycles. The van der Waals surface area contributed by atoms with E-state index in [4.69, 9.17) is 4.74 Å². The largest absolute Gasteiger partial charge is 0.496 e. The summed E-state index contributed by atoms with van der Waals surface area (Å²) in [5.74, 6) is 0.590. The van der Waals surface area contributed by atoms with Gasteiger partial charge in [0.15, 0.2) is 0 Å². The Bertz CT molecular complexity index is 774. The van der Waals surface area contributed by atoms with E-state index in [9.17, 15) is 9.59 Å². The zero-order valence-corrected chi connectivity index (χ0v) is 16.3. The van der Waals surface area contributed by atoms with Crippen molar-refractivity contribution in [1.29, 1.82) is 0 Å². The Balaban J connectivity index is 1.88. The van der Waals surface area contributed by atoms with Crippen LogP contribution in [0.15, 0.2) is 48.5 Å². The Morgan fingerprint density at radius 3 is 2.41 bits per heavy atom. The van der Waals surface area contributed by atoms with E-state index in [1.165, 1.54) is 0 Å². The standard InChI is InChI=1S/C21H27N3O3/c1-15(18-7-5-6-8-19(18)27-4)23-20(25)14-24(3)13-16-9-11-17(12-10-16)21(26)22-2/h5-12,15H,13-14H2,1-4H3,(H,22,26)(H,23,25). The van der Waals surface area contributed by atoms with Gasteiger partial charge in [-0.2, -0.15) is 0 Å². The first-order chi connectivity index (χ1) is 12.9. The van der Waals surface area contributed by atoms with Gasteiger partial charge in [0.2, 0.25) is 5.91 Å². The molecule has 6 heteroatoms. The van der Waals surface area contributed by atoms with Crippen molar-refractivity contribution >= 4 is 11.8 Å². The van der Waals surface area contributed by atoms with Crippen LogP contribution in [-0.2, 0) is 11.3 Å². The number of hydrogen-bond donors (Lipinski definition) is 2. The first kappa shape index (κ1) is 20.5. The van der Waals surface area contributed by atoms with Crippen molar-refractivity contribution in [2.45, 2.75) is 19.5 Å². The highest BCUT2D eigenvalue weighted by atomic mass is 16.5. The van der Waals surface area contributed by atoms with Crippen molar-refractivity contribution in [2.24, 2.45) is 0 Å². The molecule has 0 spiro atoms. The Hall–Kier alpha value is -2.86. The normalized spacial score (nSPS) is 11.7. The number of likely N-dealkylation sites (N-methyl/N-ethyl adjacent to an activating group) is 1. The van der Waals surface area contributed by atoms with E-state index in [1.807, 2.05) is 55.3 Å². The number of carbonyl (C=O) groups is 2. The van der Waals surface area contributed by atoms with Crippen LogP contribution in [0.3, 0.4) is 0 Å². The van der Waals surface area contributed by atoms with Gasteiger partial charge in [0.05, 0.1) is 19.7 Å². The van der Waals surface area contributed by atoms with Gasteiger partial charge in [-0.25, -0.2) is 0 Å². The third-order valence-corrected chi connectivity index (χ3v) is 4.29. The SMILES string of the molecule is CNC(=O)c1ccc(CN(C)CC(=O)NC(C)c2ccccc2OC)cc1. The first-order valence-corrected chi connectivity index (χ1v) is 8.86. The summed E-state index contributed by atoms with van der Waals surface area (Å²) in [6.07, 6.45) is 0. The fourth-order valence-corrected chi connectivity index (χ4v) is 2.91. The van der Waals surface area contributed by atoms with Crippen LogP contribution in [-0.4, -0.2) is 44.5 Å². The molecular formula is C21H27N3O3. The Morgan fingerprint density at radius 2 is 1.78 bits per heavy atom. The van der Waals surface area contributed by atoms with Crippen molar-refractivity contribution in [3.63, 3.8) is 0 Å². The smallest absolute Gasteiger partial charge is 0.251 e. The Kier molecular flexibility index (Phi) is 7.37. The molecule has 0 fully saturated rings. The second-order valence-electron chi connectivity index (χ2n) is 6.48. The van der Waals surface area contributed by atoms with E-state index in [1.54, 1.807) is 26.3 Å². The number of methoxy groups -OCH3 is 1. The second-order valence-corrected chi connectivity index (χ2v) is 6.48. The fourth-order valence-electron chi connectivity index (χ4n) is 2.91. The van der Waals surface area contributed by atoms with Crippen LogP contribution in [0.25, 0.3) is 0 Å². The molecule has 144 valence electrons. The molecule has 2 rings (SSSR count). The molecule has 2 amide bonds. The maximum absolute atomic E-state index is 12.4. The van der Waals surface area contributed by atoms with Gasteiger partial charge in [-0.1, -0.05) is 30.3 Å². The van der Waals surface area contributed by atoms with Crippen LogP contribution < -0.4 is 15.4 Å². The molecule has 0 aliphatic rings. The zero-order chi connectivity index (χ0) is 19.8. The summed E-state index contributed by atoms with van der Waals surface area (Å²) in [6.45, 7) is 2.83. The molecular weight excluding hydrogens is 342 g/mol. The fraction of sp³-hybridized carbons (Fsp3) is 0.333. The Morgan fingerprint density at radius 1 is 1.11 bits per heavy atom.